The van der Waals surface area contributed by atoms with Gasteiger partial charge in [0.25, 0.3) is 0 Å². The molecule has 1 aromatic rings. The van der Waals surface area contributed by atoms with E-state index in [1.54, 1.807) is 12.1 Å². The van der Waals surface area contributed by atoms with E-state index in [2.05, 4.69) is 4.72 Å². The molecule has 17 heavy (non-hydrogen) atoms. The molecule has 0 atom stereocenters. The number of hydrogen-bond donors (Lipinski definition) is 2. The molecule has 5 heteroatoms. The zero-order valence-corrected chi connectivity index (χ0v) is 11.6. The molecule has 0 saturated heterocycles. The first-order valence-electron chi connectivity index (χ1n) is 5.46. The van der Waals surface area contributed by atoms with E-state index in [0.717, 1.165) is 5.56 Å². The van der Waals surface area contributed by atoms with E-state index in [0.29, 0.717) is 11.4 Å². The first-order valence-corrected chi connectivity index (χ1v) is 7.11. The summed E-state index contributed by atoms with van der Waals surface area (Å²) in [7, 11) is -3.36. The minimum atomic E-state index is -3.36. The Morgan fingerprint density at radius 1 is 1.29 bits per heavy atom. The molecule has 0 fully saturated rings. The Bertz CT molecular complexity index is 502. The van der Waals surface area contributed by atoms with Gasteiger partial charge in [-0.15, -0.1) is 0 Å². The molecule has 96 valence electrons. The number of nitrogens with one attached hydrogen (secondary N) is 1. The van der Waals surface area contributed by atoms with Crippen LogP contribution in [0.25, 0.3) is 0 Å². The normalized spacial score (nSPS) is 12.5. The van der Waals surface area contributed by atoms with Gasteiger partial charge in [0.15, 0.2) is 0 Å². The summed E-state index contributed by atoms with van der Waals surface area (Å²) >= 11 is 0. The Hall–Kier alpha value is -1.23. The number of nitrogens with two attached hydrogens (primary N) is 1. The van der Waals surface area contributed by atoms with Gasteiger partial charge in [-0.2, -0.15) is 0 Å². The monoisotopic (exact) mass is 256 g/mol. The number of aryl methyl sites for hydroxylation is 1. The highest BCUT2D eigenvalue weighted by atomic mass is 32.2. The van der Waals surface area contributed by atoms with Crippen molar-refractivity contribution in [2.45, 2.75) is 27.7 Å². The van der Waals surface area contributed by atoms with Gasteiger partial charge in [0.05, 0.1) is 17.1 Å². The van der Waals surface area contributed by atoms with Crippen LogP contribution in [0.5, 0.6) is 0 Å². The highest BCUT2D eigenvalue weighted by molar-refractivity contribution is 7.92. The number of benzene rings is 1. The van der Waals surface area contributed by atoms with Crippen molar-refractivity contribution < 1.29 is 8.42 Å². The van der Waals surface area contributed by atoms with Crippen molar-refractivity contribution in [3.05, 3.63) is 23.8 Å². The van der Waals surface area contributed by atoms with Crippen LogP contribution in [0, 0.1) is 12.3 Å². The summed E-state index contributed by atoms with van der Waals surface area (Å²) in [6.07, 6.45) is 0. The van der Waals surface area contributed by atoms with E-state index in [9.17, 15) is 8.42 Å². The molecule has 0 saturated carbocycles. The quantitative estimate of drug-likeness (QED) is 0.815. The van der Waals surface area contributed by atoms with E-state index in [-0.39, 0.29) is 11.2 Å². The number of sulfonamides is 1. The summed E-state index contributed by atoms with van der Waals surface area (Å²) in [6.45, 7) is 7.55. The van der Waals surface area contributed by atoms with Crippen molar-refractivity contribution in [1.82, 2.24) is 0 Å². The molecule has 0 unspecified atom stereocenters. The van der Waals surface area contributed by atoms with Crippen molar-refractivity contribution in [3.8, 4) is 0 Å². The van der Waals surface area contributed by atoms with Gasteiger partial charge in [-0.3, -0.25) is 4.72 Å². The van der Waals surface area contributed by atoms with Crippen LogP contribution in [0.3, 0.4) is 0 Å². The van der Waals surface area contributed by atoms with Gasteiger partial charge >= 0.3 is 0 Å². The lowest BCUT2D eigenvalue weighted by Crippen LogP contribution is -2.26. The van der Waals surface area contributed by atoms with Crippen molar-refractivity contribution >= 4 is 21.4 Å². The largest absolute Gasteiger partial charge is 0.397 e. The van der Waals surface area contributed by atoms with Crippen molar-refractivity contribution in [2.24, 2.45) is 5.41 Å². The van der Waals surface area contributed by atoms with Gasteiger partial charge in [-0.25, -0.2) is 8.42 Å². The third-order valence-electron chi connectivity index (χ3n) is 2.10. The molecule has 0 aliphatic rings. The van der Waals surface area contributed by atoms with Crippen LogP contribution < -0.4 is 10.5 Å². The molecule has 4 nitrogen and oxygen atoms in total. The van der Waals surface area contributed by atoms with Crippen LogP contribution in [0.1, 0.15) is 26.3 Å². The third-order valence-corrected chi connectivity index (χ3v) is 3.87. The topological polar surface area (TPSA) is 72.2 Å². The molecular weight excluding hydrogens is 236 g/mol. The maximum absolute atomic E-state index is 11.9. The van der Waals surface area contributed by atoms with Crippen LogP contribution >= 0.6 is 0 Å². The van der Waals surface area contributed by atoms with Crippen molar-refractivity contribution in [2.75, 3.05) is 16.2 Å². The highest BCUT2D eigenvalue weighted by Gasteiger charge is 2.22. The van der Waals surface area contributed by atoms with Gasteiger partial charge in [-0.05, 0) is 30.0 Å². The number of nitrogen functional groups attached to an aromatic ring is 1. The molecule has 0 aliphatic heterocycles. The van der Waals surface area contributed by atoms with E-state index in [1.807, 2.05) is 33.8 Å². The molecule has 3 N–H and O–H groups in total. The predicted molar refractivity (Wildman–Crippen MR) is 72.5 cm³/mol. The maximum atomic E-state index is 11.9. The predicted octanol–water partition coefficient (Wildman–Crippen LogP) is 2.37. The lowest BCUT2D eigenvalue weighted by molar-refractivity contribution is 0.463. The summed E-state index contributed by atoms with van der Waals surface area (Å²) in [4.78, 5) is 0. The lowest BCUT2D eigenvalue weighted by atomic mass is 10.0. The Labute approximate surface area is 103 Å². The Morgan fingerprint density at radius 3 is 2.35 bits per heavy atom. The molecule has 1 aromatic carbocycles. The highest BCUT2D eigenvalue weighted by Crippen LogP contribution is 2.23. The minimum absolute atomic E-state index is 0.0628. The standard InChI is InChI=1S/C12H20N2O2S/c1-9-5-6-11(10(13)7-9)14-17(15,16)8-12(2,3)4/h5-7,14H,8,13H2,1-4H3. The van der Waals surface area contributed by atoms with Crippen LogP contribution in [0.15, 0.2) is 18.2 Å². The average molecular weight is 256 g/mol. The van der Waals surface area contributed by atoms with Gasteiger partial charge in [-0.1, -0.05) is 26.8 Å². The smallest absolute Gasteiger partial charge is 0.233 e. The minimum Gasteiger partial charge on any atom is -0.397 e. The summed E-state index contributed by atoms with van der Waals surface area (Å²) in [5.74, 6) is 0.0628. The molecular formula is C12H20N2O2S. The fourth-order valence-corrected chi connectivity index (χ4v) is 3.28. The summed E-state index contributed by atoms with van der Waals surface area (Å²) in [6, 6.07) is 5.26. The van der Waals surface area contributed by atoms with E-state index >= 15 is 0 Å². The fourth-order valence-electron chi connectivity index (χ4n) is 1.55. The van der Waals surface area contributed by atoms with Crippen LogP contribution in [0.4, 0.5) is 11.4 Å². The molecule has 0 aliphatic carbocycles. The molecule has 0 bridgehead atoms. The van der Waals surface area contributed by atoms with E-state index < -0.39 is 10.0 Å². The van der Waals surface area contributed by atoms with E-state index in [1.165, 1.54) is 0 Å². The number of rotatable bonds is 3. The van der Waals surface area contributed by atoms with Gasteiger partial charge in [0, 0.05) is 0 Å². The van der Waals surface area contributed by atoms with Gasteiger partial charge in [0.2, 0.25) is 10.0 Å². The Morgan fingerprint density at radius 2 is 1.88 bits per heavy atom. The summed E-state index contributed by atoms with van der Waals surface area (Å²) in [5.41, 5.74) is 7.37. The first-order chi connectivity index (χ1) is 7.59. The average Bonchev–Trinajstić information content (AvgIpc) is 2.05. The molecule has 0 spiro atoms. The van der Waals surface area contributed by atoms with E-state index in [4.69, 9.17) is 5.73 Å². The number of anilines is 2. The second-order valence-corrected chi connectivity index (χ2v) is 7.23. The molecule has 1 rings (SSSR count). The van der Waals surface area contributed by atoms with Crippen LogP contribution in [-0.2, 0) is 10.0 Å². The third kappa shape index (κ3) is 4.65. The first kappa shape index (κ1) is 13.8. The van der Waals surface area contributed by atoms with Crippen molar-refractivity contribution in [3.63, 3.8) is 0 Å². The second-order valence-electron chi connectivity index (χ2n) is 5.51. The Balaban J connectivity index is 2.91. The molecule has 0 radical (unpaired) electrons. The number of hydrogen-bond acceptors (Lipinski definition) is 3. The molecule has 0 aromatic heterocycles. The lowest BCUT2D eigenvalue weighted by Gasteiger charge is -2.19. The van der Waals surface area contributed by atoms with Gasteiger partial charge in [0.1, 0.15) is 0 Å². The molecule has 0 heterocycles. The van der Waals surface area contributed by atoms with Gasteiger partial charge < -0.3 is 5.73 Å². The summed E-state index contributed by atoms with van der Waals surface area (Å²) < 4.78 is 26.3. The zero-order valence-electron chi connectivity index (χ0n) is 10.7. The molecule has 0 amide bonds. The van der Waals surface area contributed by atoms with Crippen molar-refractivity contribution in [1.29, 1.82) is 0 Å². The summed E-state index contributed by atoms with van der Waals surface area (Å²) in [5, 5.41) is 0. The Kier molecular flexibility index (Phi) is 3.71. The fraction of sp³-hybridized carbons (Fsp3) is 0.500. The van der Waals surface area contributed by atoms with Crippen LogP contribution in [0.2, 0.25) is 0 Å². The second kappa shape index (κ2) is 4.56. The SMILES string of the molecule is Cc1ccc(NS(=O)(=O)CC(C)(C)C)c(N)c1. The van der Waals surface area contributed by atoms with Crippen LogP contribution in [-0.4, -0.2) is 14.2 Å². The maximum Gasteiger partial charge on any atom is 0.233 e. The zero-order chi connectivity index (χ0) is 13.3.